The van der Waals surface area contributed by atoms with Gasteiger partial charge in [-0.05, 0) is 30.9 Å². The molecule has 2 amide bonds. The second-order valence-corrected chi connectivity index (χ2v) is 6.34. The first-order valence-corrected chi connectivity index (χ1v) is 8.34. The van der Waals surface area contributed by atoms with E-state index in [2.05, 4.69) is 15.5 Å². The van der Waals surface area contributed by atoms with Crippen molar-refractivity contribution in [3.63, 3.8) is 0 Å². The third-order valence-corrected chi connectivity index (χ3v) is 4.39. The van der Waals surface area contributed by atoms with Crippen molar-refractivity contribution in [3.05, 3.63) is 41.5 Å². The van der Waals surface area contributed by atoms with Gasteiger partial charge in [0.2, 0.25) is 5.89 Å². The minimum atomic E-state index is -4.51. The summed E-state index contributed by atoms with van der Waals surface area (Å²) < 4.78 is 44.0. The number of hydrogen-bond acceptors (Lipinski definition) is 4. The number of para-hydroxylation sites is 1. The van der Waals surface area contributed by atoms with E-state index in [9.17, 15) is 18.0 Å². The second-order valence-electron chi connectivity index (χ2n) is 6.34. The number of benzene rings is 1. The molecule has 3 rings (SSSR count). The average molecular weight is 368 g/mol. The number of aryl methyl sites for hydroxylation is 2. The van der Waals surface area contributed by atoms with Crippen LogP contribution in [0.25, 0.3) is 0 Å². The molecule has 1 unspecified atom stereocenters. The number of carbonyl (C=O) groups excluding carboxylic acids is 1. The van der Waals surface area contributed by atoms with Crippen molar-refractivity contribution in [3.8, 4) is 0 Å². The highest BCUT2D eigenvalue weighted by atomic mass is 19.4. The third kappa shape index (κ3) is 4.33. The number of alkyl halides is 3. The first-order valence-electron chi connectivity index (χ1n) is 8.34. The number of carbonyl (C=O) groups is 1. The summed E-state index contributed by atoms with van der Waals surface area (Å²) in [6.07, 6.45) is -2.28. The van der Waals surface area contributed by atoms with Gasteiger partial charge in [-0.2, -0.15) is 18.2 Å². The van der Waals surface area contributed by atoms with E-state index < -0.39 is 17.8 Å². The van der Waals surface area contributed by atoms with Crippen molar-refractivity contribution in [1.29, 1.82) is 0 Å². The SMILES string of the molecule is Cc1nc(CCC2CCN(C(=O)Nc3ccccc3C(F)(F)F)C2)no1. The second kappa shape index (κ2) is 7.35. The number of nitrogens with zero attached hydrogens (tertiary/aromatic N) is 3. The molecule has 1 aromatic heterocycles. The van der Waals surface area contributed by atoms with Gasteiger partial charge in [-0.25, -0.2) is 4.79 Å². The molecule has 140 valence electrons. The van der Waals surface area contributed by atoms with Crippen LogP contribution in [-0.2, 0) is 12.6 Å². The summed E-state index contributed by atoms with van der Waals surface area (Å²) in [5.41, 5.74) is -1.08. The van der Waals surface area contributed by atoms with Crippen molar-refractivity contribution in [2.45, 2.75) is 32.4 Å². The van der Waals surface area contributed by atoms with Gasteiger partial charge in [0, 0.05) is 26.4 Å². The zero-order valence-corrected chi connectivity index (χ0v) is 14.2. The molecule has 6 nitrogen and oxygen atoms in total. The molecule has 1 aromatic carbocycles. The zero-order chi connectivity index (χ0) is 18.7. The topological polar surface area (TPSA) is 71.3 Å². The molecule has 0 spiro atoms. The van der Waals surface area contributed by atoms with Crippen molar-refractivity contribution in [2.24, 2.45) is 5.92 Å². The molecule has 1 N–H and O–H groups in total. The summed E-state index contributed by atoms with van der Waals surface area (Å²) >= 11 is 0. The van der Waals surface area contributed by atoms with Gasteiger partial charge in [0.25, 0.3) is 0 Å². The Labute approximate surface area is 148 Å². The van der Waals surface area contributed by atoms with E-state index >= 15 is 0 Å². The van der Waals surface area contributed by atoms with Gasteiger partial charge in [-0.15, -0.1) is 0 Å². The Morgan fingerprint density at radius 1 is 1.38 bits per heavy atom. The molecule has 1 saturated heterocycles. The van der Waals surface area contributed by atoms with Gasteiger partial charge >= 0.3 is 12.2 Å². The highest BCUT2D eigenvalue weighted by Gasteiger charge is 2.34. The van der Waals surface area contributed by atoms with Crippen LogP contribution in [0.15, 0.2) is 28.8 Å². The fourth-order valence-electron chi connectivity index (χ4n) is 3.06. The van der Waals surface area contributed by atoms with E-state index in [1.807, 2.05) is 0 Å². The minimum absolute atomic E-state index is 0.226. The third-order valence-electron chi connectivity index (χ3n) is 4.39. The summed E-state index contributed by atoms with van der Waals surface area (Å²) in [5.74, 6) is 1.40. The molecule has 0 bridgehead atoms. The monoisotopic (exact) mass is 368 g/mol. The molecule has 2 aromatic rings. The number of halogens is 3. The lowest BCUT2D eigenvalue weighted by Crippen LogP contribution is -2.33. The summed E-state index contributed by atoms with van der Waals surface area (Å²) in [4.78, 5) is 18.0. The van der Waals surface area contributed by atoms with E-state index in [1.54, 1.807) is 11.8 Å². The summed E-state index contributed by atoms with van der Waals surface area (Å²) in [7, 11) is 0. The minimum Gasteiger partial charge on any atom is -0.340 e. The Morgan fingerprint density at radius 2 is 2.15 bits per heavy atom. The van der Waals surface area contributed by atoms with Crippen molar-refractivity contribution in [2.75, 3.05) is 18.4 Å². The molecular formula is C17H19F3N4O2. The number of aromatic nitrogens is 2. The molecule has 0 aliphatic carbocycles. The smallest absolute Gasteiger partial charge is 0.340 e. The quantitative estimate of drug-likeness (QED) is 0.889. The number of nitrogens with one attached hydrogen (secondary N) is 1. The van der Waals surface area contributed by atoms with Crippen LogP contribution in [0.2, 0.25) is 0 Å². The van der Waals surface area contributed by atoms with Crippen molar-refractivity contribution < 1.29 is 22.5 Å². The summed E-state index contributed by atoms with van der Waals surface area (Å²) in [5, 5.41) is 6.22. The molecule has 1 atom stereocenters. The van der Waals surface area contributed by atoms with E-state index in [-0.39, 0.29) is 11.6 Å². The van der Waals surface area contributed by atoms with Crippen LogP contribution in [0.4, 0.5) is 23.7 Å². The molecule has 0 saturated carbocycles. The van der Waals surface area contributed by atoms with E-state index in [0.29, 0.717) is 31.2 Å². The Kier molecular flexibility index (Phi) is 5.15. The first-order chi connectivity index (χ1) is 12.3. The Hall–Kier alpha value is -2.58. The lowest BCUT2D eigenvalue weighted by Gasteiger charge is -2.19. The van der Waals surface area contributed by atoms with Crippen LogP contribution in [0, 0.1) is 12.8 Å². The fraction of sp³-hybridized carbons (Fsp3) is 0.471. The fourth-order valence-corrected chi connectivity index (χ4v) is 3.06. The maximum Gasteiger partial charge on any atom is 0.418 e. The zero-order valence-electron chi connectivity index (χ0n) is 14.2. The largest absolute Gasteiger partial charge is 0.418 e. The number of anilines is 1. The maximum absolute atomic E-state index is 13.0. The van der Waals surface area contributed by atoms with Crippen LogP contribution >= 0.6 is 0 Å². The molecule has 26 heavy (non-hydrogen) atoms. The number of likely N-dealkylation sites (tertiary alicyclic amines) is 1. The van der Waals surface area contributed by atoms with Gasteiger partial charge in [-0.1, -0.05) is 17.3 Å². The summed E-state index contributed by atoms with van der Waals surface area (Å²) in [6.45, 7) is 2.73. The van der Waals surface area contributed by atoms with Gasteiger partial charge in [0.15, 0.2) is 5.82 Å². The molecule has 1 fully saturated rings. The highest BCUT2D eigenvalue weighted by molar-refractivity contribution is 5.90. The normalized spacial score (nSPS) is 17.5. The number of urea groups is 1. The predicted molar refractivity (Wildman–Crippen MR) is 87.5 cm³/mol. The van der Waals surface area contributed by atoms with Gasteiger partial charge in [0.05, 0.1) is 11.3 Å². The van der Waals surface area contributed by atoms with Crippen molar-refractivity contribution in [1.82, 2.24) is 15.0 Å². The van der Waals surface area contributed by atoms with Gasteiger partial charge in [-0.3, -0.25) is 0 Å². The van der Waals surface area contributed by atoms with Crippen LogP contribution in [-0.4, -0.2) is 34.2 Å². The molecule has 1 aliphatic heterocycles. The van der Waals surface area contributed by atoms with Crippen LogP contribution in [0.3, 0.4) is 0 Å². The highest BCUT2D eigenvalue weighted by Crippen LogP contribution is 2.34. The lowest BCUT2D eigenvalue weighted by atomic mass is 10.0. The number of rotatable bonds is 4. The molecule has 2 heterocycles. The number of hydrogen-bond donors (Lipinski definition) is 1. The molecular weight excluding hydrogens is 349 g/mol. The lowest BCUT2D eigenvalue weighted by molar-refractivity contribution is -0.136. The average Bonchev–Trinajstić information content (AvgIpc) is 3.21. The summed E-state index contributed by atoms with van der Waals surface area (Å²) in [6, 6.07) is 4.45. The Balaban J connectivity index is 1.55. The van der Waals surface area contributed by atoms with E-state index in [4.69, 9.17) is 4.52 Å². The molecule has 9 heteroatoms. The number of amides is 2. The first kappa shape index (κ1) is 18.2. The molecule has 1 aliphatic rings. The maximum atomic E-state index is 13.0. The van der Waals surface area contributed by atoms with Crippen LogP contribution in [0.1, 0.15) is 30.1 Å². The van der Waals surface area contributed by atoms with Gasteiger partial charge < -0.3 is 14.7 Å². The van der Waals surface area contributed by atoms with Crippen LogP contribution in [0.5, 0.6) is 0 Å². The van der Waals surface area contributed by atoms with Gasteiger partial charge in [0.1, 0.15) is 0 Å². The molecule has 0 radical (unpaired) electrons. The Morgan fingerprint density at radius 3 is 2.85 bits per heavy atom. The van der Waals surface area contributed by atoms with Crippen molar-refractivity contribution >= 4 is 11.7 Å². The standard InChI is InChI=1S/C17H19F3N4O2/c1-11-21-15(23-26-11)7-6-12-8-9-24(10-12)16(25)22-14-5-3-2-4-13(14)17(18,19)20/h2-5,12H,6-10H2,1H3,(H,22,25). The van der Waals surface area contributed by atoms with Crippen LogP contribution < -0.4 is 5.32 Å². The predicted octanol–water partition coefficient (Wildman–Crippen LogP) is 3.88. The van der Waals surface area contributed by atoms with E-state index in [1.165, 1.54) is 18.2 Å². The Bertz CT molecular complexity index is 775. The van der Waals surface area contributed by atoms with E-state index in [0.717, 1.165) is 18.9 Å².